The summed E-state index contributed by atoms with van der Waals surface area (Å²) in [5.41, 5.74) is 1.18. The predicted octanol–water partition coefficient (Wildman–Crippen LogP) is 2.46. The molecule has 1 aliphatic carbocycles. The second-order valence-electron chi connectivity index (χ2n) is 5.08. The summed E-state index contributed by atoms with van der Waals surface area (Å²) in [6, 6.07) is 5.91. The highest BCUT2D eigenvalue weighted by atomic mass is 79.9. The number of hydrogen-bond acceptors (Lipinski definition) is 3. The van der Waals surface area contributed by atoms with E-state index in [9.17, 15) is 4.79 Å². The highest BCUT2D eigenvalue weighted by Crippen LogP contribution is 2.28. The molecule has 2 N–H and O–H groups in total. The van der Waals surface area contributed by atoms with Gasteiger partial charge in [0, 0.05) is 13.1 Å². The summed E-state index contributed by atoms with van der Waals surface area (Å²) in [5.74, 6) is 1.34. The van der Waals surface area contributed by atoms with Crippen molar-refractivity contribution in [2.24, 2.45) is 5.92 Å². The average molecular weight is 341 g/mol. The van der Waals surface area contributed by atoms with Crippen LogP contribution in [0, 0.1) is 5.92 Å². The van der Waals surface area contributed by atoms with Crippen LogP contribution in [-0.4, -0.2) is 25.6 Å². The lowest BCUT2D eigenvalue weighted by Gasteiger charge is -2.10. The van der Waals surface area contributed by atoms with Crippen LogP contribution >= 0.6 is 15.9 Å². The van der Waals surface area contributed by atoms with Crippen molar-refractivity contribution in [2.45, 2.75) is 26.3 Å². The van der Waals surface area contributed by atoms with Crippen LogP contribution in [0.4, 0.5) is 0 Å². The molecule has 4 nitrogen and oxygen atoms in total. The molecule has 0 aliphatic heterocycles. The van der Waals surface area contributed by atoms with Gasteiger partial charge in [-0.15, -0.1) is 0 Å². The molecule has 1 amide bonds. The molecule has 1 aromatic carbocycles. The third-order valence-electron chi connectivity index (χ3n) is 3.22. The lowest BCUT2D eigenvalue weighted by atomic mass is 10.2. The molecule has 0 spiro atoms. The van der Waals surface area contributed by atoms with Gasteiger partial charge in [0.25, 0.3) is 5.91 Å². The van der Waals surface area contributed by atoms with Gasteiger partial charge in [-0.2, -0.15) is 0 Å². The molecule has 0 saturated heterocycles. The van der Waals surface area contributed by atoms with E-state index >= 15 is 0 Å². The molecule has 20 heavy (non-hydrogen) atoms. The average Bonchev–Trinajstić information content (AvgIpc) is 3.26. The van der Waals surface area contributed by atoms with Crippen molar-refractivity contribution in [2.75, 3.05) is 19.7 Å². The van der Waals surface area contributed by atoms with Gasteiger partial charge in [0.15, 0.2) is 6.61 Å². The maximum Gasteiger partial charge on any atom is 0.257 e. The SMILES string of the molecule is CCNCc1ccc(OCC(=O)NCC2CC2)c(Br)c1. The standard InChI is InChI=1S/C15H21BrN2O2/c1-2-17-8-12-5-6-14(13(16)7-12)20-10-15(19)18-9-11-3-4-11/h5-7,11,17H,2-4,8-10H2,1H3,(H,18,19). The van der Waals surface area contributed by atoms with Gasteiger partial charge in [0.1, 0.15) is 5.75 Å². The molecular formula is C15H21BrN2O2. The number of hydrogen-bond donors (Lipinski definition) is 2. The number of amides is 1. The molecular weight excluding hydrogens is 320 g/mol. The third-order valence-corrected chi connectivity index (χ3v) is 3.84. The Bertz CT molecular complexity index is 461. The molecule has 2 rings (SSSR count). The van der Waals surface area contributed by atoms with Crippen molar-refractivity contribution < 1.29 is 9.53 Å². The van der Waals surface area contributed by atoms with Gasteiger partial charge >= 0.3 is 0 Å². The van der Waals surface area contributed by atoms with Gasteiger partial charge in [-0.05, 0) is 58.9 Å². The summed E-state index contributed by atoms with van der Waals surface area (Å²) in [5, 5.41) is 6.15. The molecule has 0 aromatic heterocycles. The van der Waals surface area contributed by atoms with Crippen molar-refractivity contribution >= 4 is 21.8 Å². The van der Waals surface area contributed by atoms with Crippen LogP contribution in [0.2, 0.25) is 0 Å². The highest BCUT2D eigenvalue weighted by molar-refractivity contribution is 9.10. The van der Waals surface area contributed by atoms with Crippen molar-refractivity contribution in [1.29, 1.82) is 0 Å². The molecule has 5 heteroatoms. The normalized spacial score (nSPS) is 14.1. The Hall–Kier alpha value is -1.07. The summed E-state index contributed by atoms with van der Waals surface area (Å²) in [6.07, 6.45) is 2.47. The number of rotatable bonds is 8. The molecule has 1 aromatic rings. The van der Waals surface area contributed by atoms with E-state index < -0.39 is 0 Å². The maximum atomic E-state index is 11.6. The first-order valence-electron chi connectivity index (χ1n) is 7.07. The van der Waals surface area contributed by atoms with E-state index in [-0.39, 0.29) is 12.5 Å². The van der Waals surface area contributed by atoms with Crippen molar-refractivity contribution in [1.82, 2.24) is 10.6 Å². The number of benzene rings is 1. The minimum atomic E-state index is -0.0551. The van der Waals surface area contributed by atoms with E-state index in [4.69, 9.17) is 4.74 Å². The van der Waals surface area contributed by atoms with E-state index in [1.165, 1.54) is 18.4 Å². The third kappa shape index (κ3) is 5.13. The lowest BCUT2D eigenvalue weighted by Crippen LogP contribution is -2.30. The van der Waals surface area contributed by atoms with Gasteiger partial charge in [0.2, 0.25) is 0 Å². The zero-order valence-corrected chi connectivity index (χ0v) is 13.3. The van der Waals surface area contributed by atoms with Crippen molar-refractivity contribution in [3.05, 3.63) is 28.2 Å². The van der Waals surface area contributed by atoms with Crippen LogP contribution in [0.3, 0.4) is 0 Å². The fourth-order valence-corrected chi connectivity index (χ4v) is 2.36. The summed E-state index contributed by atoms with van der Waals surface area (Å²) < 4.78 is 6.41. The zero-order chi connectivity index (χ0) is 14.4. The Labute approximate surface area is 128 Å². The topological polar surface area (TPSA) is 50.4 Å². The Balaban J connectivity index is 1.77. The summed E-state index contributed by atoms with van der Waals surface area (Å²) in [4.78, 5) is 11.6. The van der Waals surface area contributed by atoms with Crippen LogP contribution < -0.4 is 15.4 Å². The van der Waals surface area contributed by atoms with Crippen LogP contribution in [0.15, 0.2) is 22.7 Å². The molecule has 0 unspecified atom stereocenters. The predicted molar refractivity (Wildman–Crippen MR) is 82.8 cm³/mol. The first-order valence-corrected chi connectivity index (χ1v) is 7.87. The number of carbonyl (C=O) groups excluding carboxylic acids is 1. The Morgan fingerprint density at radius 1 is 1.45 bits per heavy atom. The van der Waals surface area contributed by atoms with Gasteiger partial charge in [0.05, 0.1) is 4.47 Å². The smallest absolute Gasteiger partial charge is 0.257 e. The minimum absolute atomic E-state index is 0.0551. The molecule has 1 aliphatic rings. The van der Waals surface area contributed by atoms with E-state index in [1.54, 1.807) is 0 Å². The Kier molecular flexibility index (Phi) is 5.86. The first-order chi connectivity index (χ1) is 9.69. The summed E-state index contributed by atoms with van der Waals surface area (Å²) in [7, 11) is 0. The Morgan fingerprint density at radius 3 is 2.90 bits per heavy atom. The quantitative estimate of drug-likeness (QED) is 0.764. The second-order valence-corrected chi connectivity index (χ2v) is 5.94. The van der Waals surface area contributed by atoms with E-state index in [1.807, 2.05) is 18.2 Å². The van der Waals surface area contributed by atoms with Crippen molar-refractivity contribution in [3.8, 4) is 5.75 Å². The fourth-order valence-electron chi connectivity index (χ4n) is 1.82. The largest absolute Gasteiger partial charge is 0.483 e. The number of carbonyl (C=O) groups is 1. The highest BCUT2D eigenvalue weighted by Gasteiger charge is 2.21. The maximum absolute atomic E-state index is 11.6. The van der Waals surface area contributed by atoms with Gasteiger partial charge < -0.3 is 15.4 Å². The molecule has 1 saturated carbocycles. The molecule has 0 bridgehead atoms. The minimum Gasteiger partial charge on any atom is -0.483 e. The van der Waals surface area contributed by atoms with Gasteiger partial charge in [-0.25, -0.2) is 0 Å². The van der Waals surface area contributed by atoms with Gasteiger partial charge in [-0.1, -0.05) is 13.0 Å². The van der Waals surface area contributed by atoms with Crippen LogP contribution in [0.5, 0.6) is 5.75 Å². The molecule has 0 radical (unpaired) electrons. The second kappa shape index (κ2) is 7.64. The fraction of sp³-hybridized carbons (Fsp3) is 0.533. The number of nitrogens with one attached hydrogen (secondary N) is 2. The summed E-state index contributed by atoms with van der Waals surface area (Å²) in [6.45, 7) is 4.70. The van der Waals surface area contributed by atoms with E-state index in [0.29, 0.717) is 11.7 Å². The van der Waals surface area contributed by atoms with E-state index in [2.05, 4.69) is 33.5 Å². The van der Waals surface area contributed by atoms with Crippen LogP contribution in [0.25, 0.3) is 0 Å². The van der Waals surface area contributed by atoms with E-state index in [0.717, 1.165) is 24.1 Å². The van der Waals surface area contributed by atoms with Gasteiger partial charge in [-0.3, -0.25) is 4.79 Å². The van der Waals surface area contributed by atoms with Crippen molar-refractivity contribution in [3.63, 3.8) is 0 Å². The number of halogens is 1. The monoisotopic (exact) mass is 340 g/mol. The molecule has 110 valence electrons. The molecule has 0 atom stereocenters. The van der Waals surface area contributed by atoms with Crippen LogP contribution in [0.1, 0.15) is 25.3 Å². The molecule has 1 fully saturated rings. The number of ether oxygens (including phenoxy) is 1. The molecule has 0 heterocycles. The Morgan fingerprint density at radius 2 is 2.25 bits per heavy atom. The summed E-state index contributed by atoms with van der Waals surface area (Å²) >= 11 is 3.48. The first kappa shape index (κ1) is 15.3. The zero-order valence-electron chi connectivity index (χ0n) is 11.7. The van der Waals surface area contributed by atoms with Crippen LogP contribution in [-0.2, 0) is 11.3 Å². The lowest BCUT2D eigenvalue weighted by molar-refractivity contribution is -0.123.